The fraction of sp³-hybridized carbons (Fsp3) is 0.222. The first-order chi connectivity index (χ1) is 11.9. The summed E-state index contributed by atoms with van der Waals surface area (Å²) in [5.41, 5.74) is 0.629. The topological polar surface area (TPSA) is 37.4 Å². The second-order valence-corrected chi connectivity index (χ2v) is 6.68. The Hall–Kier alpha value is -2.41. The predicted molar refractivity (Wildman–Crippen MR) is 91.1 cm³/mol. The first-order valence-electron chi connectivity index (χ1n) is 7.61. The third-order valence-electron chi connectivity index (χ3n) is 3.85. The standard InChI is InChI=1S/C18H14F3NO2S/c19-18(20,21)17(24)22-10-4-3-5-12(23)8-9-16-14(11-22)13-6-1-2-7-15(13)25-16/h1-3,5-9H,4,10-11H2/b5-3-,9-8?. The third kappa shape index (κ3) is 3.82. The minimum absolute atomic E-state index is 0.105. The van der Waals surface area contributed by atoms with Gasteiger partial charge in [-0.2, -0.15) is 13.2 Å². The second-order valence-electron chi connectivity index (χ2n) is 5.59. The minimum atomic E-state index is -4.93. The lowest BCUT2D eigenvalue weighted by atomic mass is 10.1. The number of halogens is 3. The van der Waals surface area contributed by atoms with Crippen LogP contribution in [0.2, 0.25) is 0 Å². The van der Waals surface area contributed by atoms with Gasteiger partial charge < -0.3 is 4.90 Å². The Kier molecular flexibility index (Phi) is 4.76. The van der Waals surface area contributed by atoms with Crippen LogP contribution >= 0.6 is 11.3 Å². The first-order valence-corrected chi connectivity index (χ1v) is 8.43. The Morgan fingerprint density at radius 2 is 1.88 bits per heavy atom. The first kappa shape index (κ1) is 17.4. The number of carbonyl (C=O) groups excluding carboxylic acids is 2. The van der Waals surface area contributed by atoms with E-state index in [1.165, 1.54) is 29.6 Å². The summed E-state index contributed by atoms with van der Waals surface area (Å²) in [6, 6.07) is 7.32. The number of benzene rings is 1. The van der Waals surface area contributed by atoms with E-state index < -0.39 is 12.1 Å². The lowest BCUT2D eigenvalue weighted by Crippen LogP contribution is -2.41. The van der Waals surface area contributed by atoms with Gasteiger partial charge in [0, 0.05) is 22.7 Å². The van der Waals surface area contributed by atoms with Crippen molar-refractivity contribution < 1.29 is 22.8 Å². The highest BCUT2D eigenvalue weighted by atomic mass is 32.1. The predicted octanol–water partition coefficient (Wildman–Crippen LogP) is 4.33. The van der Waals surface area contributed by atoms with Crippen molar-refractivity contribution >= 4 is 39.2 Å². The molecule has 0 unspecified atom stereocenters. The van der Waals surface area contributed by atoms with E-state index in [1.54, 1.807) is 12.1 Å². The van der Waals surface area contributed by atoms with Gasteiger partial charge in [-0.1, -0.05) is 24.3 Å². The molecule has 0 N–H and O–H groups in total. The summed E-state index contributed by atoms with van der Waals surface area (Å²) in [5, 5.41) is 0.798. The van der Waals surface area contributed by atoms with Crippen LogP contribution in [0.15, 0.2) is 42.5 Å². The Morgan fingerprint density at radius 1 is 1.12 bits per heavy atom. The summed E-state index contributed by atoms with van der Waals surface area (Å²) in [7, 11) is 0. The van der Waals surface area contributed by atoms with Crippen LogP contribution in [0.4, 0.5) is 13.2 Å². The van der Waals surface area contributed by atoms with Crippen molar-refractivity contribution in [3.05, 3.63) is 52.9 Å². The van der Waals surface area contributed by atoms with E-state index >= 15 is 0 Å². The van der Waals surface area contributed by atoms with E-state index in [-0.39, 0.29) is 25.3 Å². The highest BCUT2D eigenvalue weighted by molar-refractivity contribution is 7.20. The van der Waals surface area contributed by atoms with E-state index in [0.29, 0.717) is 10.4 Å². The zero-order valence-corrected chi connectivity index (χ0v) is 13.9. The van der Waals surface area contributed by atoms with Crippen LogP contribution in [0, 0.1) is 0 Å². The normalized spacial score (nSPS) is 17.2. The quantitative estimate of drug-likeness (QED) is 0.697. The molecule has 0 fully saturated rings. The van der Waals surface area contributed by atoms with Crippen molar-refractivity contribution in [1.29, 1.82) is 0 Å². The largest absolute Gasteiger partial charge is 0.471 e. The van der Waals surface area contributed by atoms with Gasteiger partial charge in [-0.3, -0.25) is 9.59 Å². The molecule has 1 amide bonds. The molecular formula is C18H14F3NO2S. The Labute approximate surface area is 146 Å². The number of thiophene rings is 1. The minimum Gasteiger partial charge on any atom is -0.330 e. The number of amides is 1. The van der Waals surface area contributed by atoms with E-state index in [9.17, 15) is 22.8 Å². The second kappa shape index (κ2) is 6.84. The number of carbonyl (C=O) groups is 2. The van der Waals surface area contributed by atoms with Gasteiger partial charge in [-0.25, -0.2) is 0 Å². The fourth-order valence-electron chi connectivity index (χ4n) is 2.68. The fourth-order valence-corrected chi connectivity index (χ4v) is 3.80. The number of nitrogens with zero attached hydrogens (tertiary/aromatic N) is 1. The number of ketones is 1. The molecule has 7 heteroatoms. The highest BCUT2D eigenvalue weighted by Gasteiger charge is 2.42. The number of fused-ring (bicyclic) bond motifs is 3. The summed E-state index contributed by atoms with van der Waals surface area (Å²) < 4.78 is 39.7. The molecule has 1 aliphatic heterocycles. The maximum Gasteiger partial charge on any atom is 0.471 e. The SMILES string of the molecule is O=C1C=Cc2sc3ccccc3c2CN(C(=O)C(F)(F)F)CC/C=C\1. The van der Waals surface area contributed by atoms with E-state index in [1.807, 2.05) is 18.2 Å². The molecule has 0 radical (unpaired) electrons. The van der Waals surface area contributed by atoms with Crippen molar-refractivity contribution in [2.75, 3.05) is 6.54 Å². The van der Waals surface area contributed by atoms with Crippen molar-refractivity contribution in [2.24, 2.45) is 0 Å². The zero-order chi connectivity index (χ0) is 18.0. The van der Waals surface area contributed by atoms with E-state index in [0.717, 1.165) is 15.0 Å². The van der Waals surface area contributed by atoms with Gasteiger partial charge >= 0.3 is 12.1 Å². The molecule has 3 nitrogen and oxygen atoms in total. The van der Waals surface area contributed by atoms with Crippen molar-refractivity contribution in [3.63, 3.8) is 0 Å². The summed E-state index contributed by atoms with van der Waals surface area (Å²) in [6.45, 7) is -0.254. The molecule has 1 aromatic heterocycles. The molecule has 1 aliphatic rings. The third-order valence-corrected chi connectivity index (χ3v) is 5.03. The van der Waals surface area contributed by atoms with Crippen molar-refractivity contribution in [1.82, 2.24) is 4.90 Å². The number of allylic oxidation sites excluding steroid dienone is 2. The Balaban J connectivity index is 2.10. The van der Waals surface area contributed by atoms with Gasteiger partial charge in [-0.05, 0) is 41.7 Å². The van der Waals surface area contributed by atoms with Gasteiger partial charge in [0.2, 0.25) is 0 Å². The smallest absolute Gasteiger partial charge is 0.330 e. The maximum absolute atomic E-state index is 12.9. The summed E-state index contributed by atoms with van der Waals surface area (Å²) in [4.78, 5) is 25.1. The molecule has 3 rings (SSSR count). The van der Waals surface area contributed by atoms with Crippen LogP contribution in [0.25, 0.3) is 16.2 Å². The summed E-state index contributed by atoms with van der Waals surface area (Å²) in [6.07, 6.45) is 1.05. The maximum atomic E-state index is 12.9. The number of rotatable bonds is 0. The highest BCUT2D eigenvalue weighted by Crippen LogP contribution is 2.34. The molecule has 1 aromatic carbocycles. The molecule has 0 aliphatic carbocycles. The molecule has 2 heterocycles. The molecular weight excluding hydrogens is 351 g/mol. The molecule has 0 saturated carbocycles. The van der Waals surface area contributed by atoms with Gasteiger partial charge in [-0.15, -0.1) is 11.3 Å². The van der Waals surface area contributed by atoms with Crippen LogP contribution in [0.5, 0.6) is 0 Å². The van der Waals surface area contributed by atoms with Crippen LogP contribution < -0.4 is 0 Å². The van der Waals surface area contributed by atoms with E-state index in [4.69, 9.17) is 0 Å². The molecule has 2 aromatic rings. The van der Waals surface area contributed by atoms with Gasteiger partial charge in [0.15, 0.2) is 5.78 Å². The lowest BCUT2D eigenvalue weighted by Gasteiger charge is -2.23. The number of hydrogen-bond acceptors (Lipinski definition) is 3. The Morgan fingerprint density at radius 3 is 2.64 bits per heavy atom. The van der Waals surface area contributed by atoms with Crippen LogP contribution in [-0.2, 0) is 16.1 Å². The van der Waals surface area contributed by atoms with E-state index in [2.05, 4.69) is 0 Å². The van der Waals surface area contributed by atoms with Crippen molar-refractivity contribution in [2.45, 2.75) is 19.1 Å². The number of hydrogen-bond donors (Lipinski definition) is 0. The molecule has 0 spiro atoms. The summed E-state index contributed by atoms with van der Waals surface area (Å²) in [5.74, 6) is -2.10. The monoisotopic (exact) mass is 365 g/mol. The average Bonchev–Trinajstić information content (AvgIpc) is 2.90. The molecule has 25 heavy (non-hydrogen) atoms. The van der Waals surface area contributed by atoms with Gasteiger partial charge in [0.05, 0.1) is 0 Å². The lowest BCUT2D eigenvalue weighted by molar-refractivity contribution is -0.186. The number of alkyl halides is 3. The molecule has 0 saturated heterocycles. The van der Waals surface area contributed by atoms with Crippen LogP contribution in [0.3, 0.4) is 0 Å². The van der Waals surface area contributed by atoms with Crippen LogP contribution in [0.1, 0.15) is 16.9 Å². The summed E-state index contributed by atoms with van der Waals surface area (Å²) >= 11 is 1.39. The van der Waals surface area contributed by atoms with Crippen molar-refractivity contribution in [3.8, 4) is 0 Å². The zero-order valence-electron chi connectivity index (χ0n) is 13.0. The van der Waals surface area contributed by atoms with Crippen LogP contribution in [-0.4, -0.2) is 29.3 Å². The molecule has 0 bridgehead atoms. The Bertz CT molecular complexity index is 880. The average molecular weight is 365 g/mol. The van der Waals surface area contributed by atoms with Gasteiger partial charge in [0.1, 0.15) is 0 Å². The molecule has 0 atom stereocenters. The molecule has 130 valence electrons. The van der Waals surface area contributed by atoms with Gasteiger partial charge in [0.25, 0.3) is 0 Å².